The van der Waals surface area contributed by atoms with Gasteiger partial charge in [-0.05, 0) is 31.4 Å². The maximum Gasteiger partial charge on any atom is 0.213 e. The van der Waals surface area contributed by atoms with Crippen LogP contribution in [0, 0.1) is 5.92 Å². The zero-order valence-electron chi connectivity index (χ0n) is 11.7. The van der Waals surface area contributed by atoms with Gasteiger partial charge < -0.3 is 4.90 Å². The normalized spacial score (nSPS) is 13.6. The predicted molar refractivity (Wildman–Crippen MR) is 77.5 cm³/mol. The molecule has 0 spiro atoms. The number of aliphatic imine (C=N–C) groups is 1. The summed E-state index contributed by atoms with van der Waals surface area (Å²) in [7, 11) is 2.01. The van der Waals surface area contributed by atoms with Crippen molar-refractivity contribution in [3.8, 4) is 0 Å². The monoisotopic (exact) mass is 248 g/mol. The lowest BCUT2D eigenvalue weighted by Crippen LogP contribution is -2.46. The molecule has 0 fully saturated rings. The van der Waals surface area contributed by atoms with Gasteiger partial charge >= 0.3 is 0 Å². The van der Waals surface area contributed by atoms with E-state index in [0.29, 0.717) is 17.9 Å². The molecule has 0 saturated heterocycles. The number of para-hydroxylation sites is 1. The van der Waals surface area contributed by atoms with Crippen LogP contribution in [0.1, 0.15) is 27.2 Å². The number of nitrogens with one attached hydrogen (secondary N) is 1. The predicted octanol–water partition coefficient (Wildman–Crippen LogP) is 2.50. The number of hydrogen-bond donors (Lipinski definition) is 2. The summed E-state index contributed by atoms with van der Waals surface area (Å²) in [5.74, 6) is 6.91. The molecule has 0 radical (unpaired) electrons. The molecule has 0 aromatic heterocycles. The van der Waals surface area contributed by atoms with E-state index in [4.69, 9.17) is 5.84 Å². The fourth-order valence-corrected chi connectivity index (χ4v) is 1.89. The summed E-state index contributed by atoms with van der Waals surface area (Å²) in [6.45, 7) is 6.61. The highest BCUT2D eigenvalue weighted by Crippen LogP contribution is 2.13. The van der Waals surface area contributed by atoms with E-state index in [-0.39, 0.29) is 0 Å². The second kappa shape index (κ2) is 7.01. The number of guanidine groups is 1. The first-order valence-corrected chi connectivity index (χ1v) is 6.37. The minimum absolute atomic E-state index is 0.392. The molecule has 0 aliphatic rings. The summed E-state index contributed by atoms with van der Waals surface area (Å²) >= 11 is 0. The van der Waals surface area contributed by atoms with Crippen molar-refractivity contribution in [3.63, 3.8) is 0 Å². The van der Waals surface area contributed by atoms with Gasteiger partial charge in [0.2, 0.25) is 5.96 Å². The Hall–Kier alpha value is -1.55. The van der Waals surface area contributed by atoms with E-state index >= 15 is 0 Å². The Labute approximate surface area is 110 Å². The smallest absolute Gasteiger partial charge is 0.213 e. The van der Waals surface area contributed by atoms with Crippen LogP contribution in [0.5, 0.6) is 0 Å². The average Bonchev–Trinajstić information content (AvgIpc) is 2.35. The molecule has 1 rings (SSSR count). The fourth-order valence-electron chi connectivity index (χ4n) is 1.89. The third-order valence-electron chi connectivity index (χ3n) is 2.93. The van der Waals surface area contributed by atoms with Crippen molar-refractivity contribution in [1.29, 1.82) is 0 Å². The first-order valence-electron chi connectivity index (χ1n) is 6.37. The number of nitrogens with zero attached hydrogens (tertiary/aromatic N) is 2. The van der Waals surface area contributed by atoms with Crippen LogP contribution in [0.15, 0.2) is 35.3 Å². The van der Waals surface area contributed by atoms with Gasteiger partial charge in [0.15, 0.2) is 0 Å². The van der Waals surface area contributed by atoms with Crippen molar-refractivity contribution in [2.45, 2.75) is 33.2 Å². The Morgan fingerprint density at radius 2 is 1.89 bits per heavy atom. The maximum absolute atomic E-state index is 5.57. The van der Waals surface area contributed by atoms with Crippen LogP contribution in [0.2, 0.25) is 0 Å². The van der Waals surface area contributed by atoms with E-state index in [1.54, 1.807) is 0 Å². The van der Waals surface area contributed by atoms with Crippen molar-refractivity contribution < 1.29 is 0 Å². The van der Waals surface area contributed by atoms with Crippen LogP contribution in [-0.2, 0) is 0 Å². The standard InChI is InChI=1S/C14H24N4/c1-11(2)10-12(3)18(4)14(17-15)16-13-8-6-5-7-9-13/h5-9,11-12H,10,15H2,1-4H3,(H,16,17). The molecule has 1 atom stereocenters. The molecule has 100 valence electrons. The van der Waals surface area contributed by atoms with Crippen LogP contribution in [0.25, 0.3) is 0 Å². The largest absolute Gasteiger partial charge is 0.342 e. The van der Waals surface area contributed by atoms with Gasteiger partial charge in [-0.25, -0.2) is 10.8 Å². The molecule has 4 heteroatoms. The number of nitrogens with two attached hydrogens (primary N) is 1. The van der Waals surface area contributed by atoms with Crippen LogP contribution >= 0.6 is 0 Å². The van der Waals surface area contributed by atoms with E-state index in [1.165, 1.54) is 0 Å². The average molecular weight is 248 g/mol. The molecule has 0 heterocycles. The number of hydrazine groups is 1. The molecule has 1 unspecified atom stereocenters. The summed E-state index contributed by atoms with van der Waals surface area (Å²) in [5, 5.41) is 0. The second-order valence-electron chi connectivity index (χ2n) is 5.00. The highest BCUT2D eigenvalue weighted by atomic mass is 15.4. The zero-order valence-corrected chi connectivity index (χ0v) is 11.7. The molecule has 0 saturated carbocycles. The minimum atomic E-state index is 0.392. The lowest BCUT2D eigenvalue weighted by molar-refractivity contribution is 0.324. The summed E-state index contributed by atoms with van der Waals surface area (Å²) in [6.07, 6.45) is 1.10. The van der Waals surface area contributed by atoms with Gasteiger partial charge in [-0.3, -0.25) is 5.43 Å². The van der Waals surface area contributed by atoms with Crippen LogP contribution in [0.3, 0.4) is 0 Å². The van der Waals surface area contributed by atoms with Crippen molar-refractivity contribution in [3.05, 3.63) is 30.3 Å². The summed E-state index contributed by atoms with van der Waals surface area (Å²) in [4.78, 5) is 6.59. The Kier molecular flexibility index (Phi) is 5.65. The minimum Gasteiger partial charge on any atom is -0.342 e. The number of hydrogen-bond acceptors (Lipinski definition) is 2. The van der Waals surface area contributed by atoms with Crippen LogP contribution < -0.4 is 11.3 Å². The molecule has 1 aromatic carbocycles. The van der Waals surface area contributed by atoms with E-state index in [2.05, 4.69) is 36.1 Å². The molecule has 18 heavy (non-hydrogen) atoms. The zero-order chi connectivity index (χ0) is 13.5. The third kappa shape index (κ3) is 4.37. The summed E-state index contributed by atoms with van der Waals surface area (Å²) in [6, 6.07) is 10.2. The molecular weight excluding hydrogens is 224 g/mol. The van der Waals surface area contributed by atoms with E-state index in [9.17, 15) is 0 Å². The number of rotatable bonds is 4. The van der Waals surface area contributed by atoms with Gasteiger partial charge in [-0.1, -0.05) is 32.0 Å². The molecule has 0 aliphatic carbocycles. The third-order valence-corrected chi connectivity index (χ3v) is 2.93. The molecule has 4 nitrogen and oxygen atoms in total. The molecule has 3 N–H and O–H groups in total. The van der Waals surface area contributed by atoms with Gasteiger partial charge in [-0.15, -0.1) is 0 Å². The first kappa shape index (κ1) is 14.5. The highest BCUT2D eigenvalue weighted by Gasteiger charge is 2.14. The molecule has 0 amide bonds. The topological polar surface area (TPSA) is 53.6 Å². The Balaban J connectivity index is 2.79. The SMILES string of the molecule is CC(C)CC(C)N(C)C(=Nc1ccccc1)NN. The lowest BCUT2D eigenvalue weighted by atomic mass is 10.0. The van der Waals surface area contributed by atoms with Gasteiger partial charge in [0.05, 0.1) is 5.69 Å². The molecule has 1 aromatic rings. The van der Waals surface area contributed by atoms with Gasteiger partial charge in [-0.2, -0.15) is 0 Å². The first-order chi connectivity index (χ1) is 8.54. The second-order valence-corrected chi connectivity index (χ2v) is 5.00. The Morgan fingerprint density at radius 3 is 2.39 bits per heavy atom. The summed E-state index contributed by atoms with van der Waals surface area (Å²) < 4.78 is 0. The number of benzene rings is 1. The maximum atomic E-state index is 5.57. The van der Waals surface area contributed by atoms with Gasteiger partial charge in [0.25, 0.3) is 0 Å². The molecule has 0 bridgehead atoms. The highest BCUT2D eigenvalue weighted by molar-refractivity contribution is 5.82. The quantitative estimate of drug-likeness (QED) is 0.372. The molecule has 0 aliphatic heterocycles. The lowest BCUT2D eigenvalue weighted by Gasteiger charge is -2.28. The van der Waals surface area contributed by atoms with Crippen LogP contribution in [0.4, 0.5) is 5.69 Å². The van der Waals surface area contributed by atoms with E-state index < -0.39 is 0 Å². The Bertz CT molecular complexity index is 373. The fraction of sp³-hybridized carbons (Fsp3) is 0.500. The Morgan fingerprint density at radius 1 is 1.28 bits per heavy atom. The van der Waals surface area contributed by atoms with E-state index in [0.717, 1.165) is 12.1 Å². The summed E-state index contributed by atoms with van der Waals surface area (Å²) in [5.41, 5.74) is 3.58. The van der Waals surface area contributed by atoms with Gasteiger partial charge in [0.1, 0.15) is 0 Å². The van der Waals surface area contributed by atoms with E-state index in [1.807, 2.05) is 37.4 Å². The van der Waals surface area contributed by atoms with Crippen molar-refractivity contribution in [2.24, 2.45) is 16.8 Å². The van der Waals surface area contributed by atoms with Crippen LogP contribution in [-0.4, -0.2) is 23.9 Å². The molecular formula is C14H24N4. The van der Waals surface area contributed by atoms with Crippen molar-refractivity contribution in [2.75, 3.05) is 7.05 Å². The van der Waals surface area contributed by atoms with Crippen molar-refractivity contribution >= 4 is 11.6 Å². The van der Waals surface area contributed by atoms with Gasteiger partial charge in [0, 0.05) is 13.1 Å². The van der Waals surface area contributed by atoms with Crippen molar-refractivity contribution in [1.82, 2.24) is 10.3 Å².